The summed E-state index contributed by atoms with van der Waals surface area (Å²) in [5, 5.41) is 2.68. The van der Waals surface area contributed by atoms with Gasteiger partial charge in [0.1, 0.15) is 5.92 Å². The molecule has 0 aromatic heterocycles. The zero-order valence-corrected chi connectivity index (χ0v) is 17.3. The van der Waals surface area contributed by atoms with E-state index in [0.717, 1.165) is 16.7 Å². The molecule has 0 aliphatic rings. The third-order valence-electron chi connectivity index (χ3n) is 4.78. The van der Waals surface area contributed by atoms with E-state index < -0.39 is 30.4 Å². The number of anilines is 1. The lowest BCUT2D eigenvalue weighted by Crippen LogP contribution is -2.25. The Morgan fingerprint density at radius 1 is 0.871 bits per heavy atom. The first-order valence-electron chi connectivity index (χ1n) is 9.75. The summed E-state index contributed by atoms with van der Waals surface area (Å²) in [6, 6.07) is 23.4. The molecule has 6 nitrogen and oxygen atoms in total. The smallest absolute Gasteiger partial charge is 0.337 e. The fourth-order valence-corrected chi connectivity index (χ4v) is 3.16. The van der Waals surface area contributed by atoms with E-state index >= 15 is 0 Å². The molecule has 0 heterocycles. The van der Waals surface area contributed by atoms with Crippen LogP contribution in [-0.2, 0) is 19.1 Å². The number of hydrogen-bond acceptors (Lipinski definition) is 5. The van der Waals surface area contributed by atoms with E-state index in [-0.39, 0.29) is 0 Å². The first-order chi connectivity index (χ1) is 15.0. The van der Waals surface area contributed by atoms with Crippen molar-refractivity contribution in [3.05, 3.63) is 101 Å². The molecule has 3 rings (SSSR count). The lowest BCUT2D eigenvalue weighted by atomic mass is 9.91. The second-order valence-corrected chi connectivity index (χ2v) is 6.93. The topological polar surface area (TPSA) is 81.7 Å². The number of esters is 2. The number of hydrogen-bond donors (Lipinski definition) is 1. The maximum Gasteiger partial charge on any atom is 0.337 e. The van der Waals surface area contributed by atoms with Gasteiger partial charge in [-0.2, -0.15) is 0 Å². The van der Waals surface area contributed by atoms with Gasteiger partial charge in [-0.05, 0) is 35.7 Å². The van der Waals surface area contributed by atoms with E-state index in [9.17, 15) is 14.4 Å². The van der Waals surface area contributed by atoms with Gasteiger partial charge in [-0.1, -0.05) is 66.7 Å². The van der Waals surface area contributed by atoms with E-state index in [1.807, 2.05) is 60.7 Å². The van der Waals surface area contributed by atoms with Crippen molar-refractivity contribution in [2.45, 2.75) is 12.8 Å². The summed E-state index contributed by atoms with van der Waals surface area (Å²) >= 11 is 0. The average molecular weight is 417 g/mol. The van der Waals surface area contributed by atoms with Crippen LogP contribution in [0, 0.1) is 6.92 Å². The minimum absolute atomic E-state index is 0.314. The summed E-state index contributed by atoms with van der Waals surface area (Å²) in [6.45, 7) is 1.35. The van der Waals surface area contributed by atoms with Crippen LogP contribution >= 0.6 is 0 Å². The zero-order chi connectivity index (χ0) is 22.2. The van der Waals surface area contributed by atoms with E-state index in [4.69, 9.17) is 9.47 Å². The number of aryl methyl sites for hydroxylation is 1. The van der Waals surface area contributed by atoms with Gasteiger partial charge in [-0.15, -0.1) is 0 Å². The van der Waals surface area contributed by atoms with Crippen LogP contribution in [0.1, 0.15) is 33.0 Å². The van der Waals surface area contributed by atoms with Crippen LogP contribution in [0.15, 0.2) is 78.9 Å². The van der Waals surface area contributed by atoms with Crippen LogP contribution in [-0.4, -0.2) is 31.6 Å². The van der Waals surface area contributed by atoms with E-state index in [1.54, 1.807) is 19.1 Å². The van der Waals surface area contributed by atoms with Crippen molar-refractivity contribution in [1.82, 2.24) is 0 Å². The number of amides is 1. The van der Waals surface area contributed by atoms with Crippen molar-refractivity contribution in [2.24, 2.45) is 0 Å². The number of benzene rings is 3. The monoisotopic (exact) mass is 417 g/mol. The summed E-state index contributed by atoms with van der Waals surface area (Å²) in [4.78, 5) is 37.0. The first kappa shape index (κ1) is 21.8. The quantitative estimate of drug-likeness (QED) is 0.586. The molecule has 0 fully saturated rings. The minimum atomic E-state index is -0.639. The van der Waals surface area contributed by atoms with Crippen LogP contribution in [0.2, 0.25) is 0 Å². The standard InChI is InChI=1S/C25H23NO5/c1-17-13-14-20(24(28)30-2)15-21(17)26-22(27)16-31-25(29)23(18-9-5-3-6-10-18)19-11-7-4-8-12-19/h3-15,23H,16H2,1-2H3,(H,26,27). The predicted molar refractivity (Wildman–Crippen MR) is 117 cm³/mol. The third-order valence-corrected chi connectivity index (χ3v) is 4.78. The van der Waals surface area contributed by atoms with Gasteiger partial charge in [0.25, 0.3) is 5.91 Å². The number of carbonyl (C=O) groups is 3. The fourth-order valence-electron chi connectivity index (χ4n) is 3.16. The zero-order valence-electron chi connectivity index (χ0n) is 17.3. The maximum absolute atomic E-state index is 12.9. The Kier molecular flexibility index (Phi) is 7.17. The van der Waals surface area contributed by atoms with Crippen LogP contribution in [0.5, 0.6) is 0 Å². The van der Waals surface area contributed by atoms with Crippen molar-refractivity contribution in [3.8, 4) is 0 Å². The Labute approximate surface area is 180 Å². The van der Waals surface area contributed by atoms with Gasteiger partial charge < -0.3 is 14.8 Å². The van der Waals surface area contributed by atoms with E-state index in [2.05, 4.69) is 5.32 Å². The Bertz CT molecular complexity index is 1020. The Hall–Kier alpha value is -3.93. The van der Waals surface area contributed by atoms with Crippen molar-refractivity contribution in [2.75, 3.05) is 19.0 Å². The highest BCUT2D eigenvalue weighted by Gasteiger charge is 2.25. The molecule has 31 heavy (non-hydrogen) atoms. The summed E-state index contributed by atoms with van der Waals surface area (Å²) in [7, 11) is 1.29. The highest BCUT2D eigenvalue weighted by Crippen LogP contribution is 2.26. The highest BCUT2D eigenvalue weighted by molar-refractivity contribution is 5.96. The summed E-state index contributed by atoms with van der Waals surface area (Å²) < 4.78 is 10.0. The first-order valence-corrected chi connectivity index (χ1v) is 9.75. The summed E-state index contributed by atoms with van der Waals surface area (Å²) in [5.74, 6) is -2.17. The molecule has 0 spiro atoms. The maximum atomic E-state index is 12.9. The summed E-state index contributed by atoms with van der Waals surface area (Å²) in [5.41, 5.74) is 3.08. The molecule has 6 heteroatoms. The molecule has 0 bridgehead atoms. The number of nitrogens with one attached hydrogen (secondary N) is 1. The Balaban J connectivity index is 1.70. The average Bonchev–Trinajstić information content (AvgIpc) is 2.80. The van der Waals surface area contributed by atoms with Gasteiger partial charge in [0, 0.05) is 5.69 Å². The van der Waals surface area contributed by atoms with Crippen LogP contribution in [0.25, 0.3) is 0 Å². The van der Waals surface area contributed by atoms with Gasteiger partial charge in [0.05, 0.1) is 12.7 Å². The second-order valence-electron chi connectivity index (χ2n) is 6.93. The second kappa shape index (κ2) is 10.2. The molecule has 0 radical (unpaired) electrons. The molecule has 0 atom stereocenters. The molecule has 0 unspecified atom stereocenters. The molecular weight excluding hydrogens is 394 g/mol. The number of ether oxygens (including phenoxy) is 2. The molecule has 0 aliphatic carbocycles. The fraction of sp³-hybridized carbons (Fsp3) is 0.160. The van der Waals surface area contributed by atoms with Gasteiger partial charge in [-0.3, -0.25) is 9.59 Å². The predicted octanol–water partition coefficient (Wildman–Crippen LogP) is 4.10. The Morgan fingerprint density at radius 3 is 2.00 bits per heavy atom. The van der Waals surface area contributed by atoms with Crippen molar-refractivity contribution < 1.29 is 23.9 Å². The van der Waals surface area contributed by atoms with Crippen LogP contribution in [0.3, 0.4) is 0 Å². The SMILES string of the molecule is COC(=O)c1ccc(C)c(NC(=O)COC(=O)C(c2ccccc2)c2ccccc2)c1. The lowest BCUT2D eigenvalue weighted by Gasteiger charge is -2.17. The third kappa shape index (κ3) is 5.57. The van der Waals surface area contributed by atoms with E-state index in [0.29, 0.717) is 11.3 Å². The highest BCUT2D eigenvalue weighted by atomic mass is 16.5. The lowest BCUT2D eigenvalue weighted by molar-refractivity contribution is -0.147. The molecule has 0 aliphatic heterocycles. The Morgan fingerprint density at radius 2 is 1.45 bits per heavy atom. The largest absolute Gasteiger partial charge is 0.465 e. The van der Waals surface area contributed by atoms with Gasteiger partial charge in [-0.25, -0.2) is 4.79 Å². The molecule has 3 aromatic carbocycles. The number of carbonyl (C=O) groups excluding carboxylic acids is 3. The van der Waals surface area contributed by atoms with Gasteiger partial charge in [0.15, 0.2) is 6.61 Å². The van der Waals surface area contributed by atoms with Gasteiger partial charge in [0.2, 0.25) is 0 Å². The molecule has 158 valence electrons. The summed E-state index contributed by atoms with van der Waals surface area (Å²) in [6.07, 6.45) is 0. The molecule has 3 aromatic rings. The normalized spacial score (nSPS) is 10.4. The van der Waals surface area contributed by atoms with E-state index in [1.165, 1.54) is 13.2 Å². The molecule has 1 amide bonds. The number of rotatable bonds is 7. The van der Waals surface area contributed by atoms with Crippen molar-refractivity contribution in [1.29, 1.82) is 0 Å². The van der Waals surface area contributed by atoms with Crippen molar-refractivity contribution in [3.63, 3.8) is 0 Å². The minimum Gasteiger partial charge on any atom is -0.465 e. The molecule has 0 saturated carbocycles. The van der Waals surface area contributed by atoms with Gasteiger partial charge >= 0.3 is 11.9 Å². The molecule has 0 saturated heterocycles. The van der Waals surface area contributed by atoms with Crippen LogP contribution in [0.4, 0.5) is 5.69 Å². The molecule has 1 N–H and O–H groups in total. The van der Waals surface area contributed by atoms with Crippen molar-refractivity contribution >= 4 is 23.5 Å². The molecular formula is C25H23NO5. The van der Waals surface area contributed by atoms with Crippen LogP contribution < -0.4 is 5.32 Å². The number of methoxy groups -OCH3 is 1.